The third-order valence-electron chi connectivity index (χ3n) is 7.20. The highest BCUT2D eigenvalue weighted by molar-refractivity contribution is 5.92. The molecule has 37 heavy (non-hydrogen) atoms. The van der Waals surface area contributed by atoms with Gasteiger partial charge in [-0.3, -0.25) is 19.8 Å². The van der Waals surface area contributed by atoms with Crippen molar-refractivity contribution < 1.29 is 28.9 Å². The molecule has 1 aromatic carbocycles. The Balaban J connectivity index is 1.20. The van der Waals surface area contributed by atoms with Gasteiger partial charge in [-0.2, -0.15) is 4.39 Å². The molecule has 1 aliphatic carbocycles. The summed E-state index contributed by atoms with van der Waals surface area (Å²) in [5.74, 6) is -2.38. The van der Waals surface area contributed by atoms with Crippen LogP contribution in [0.4, 0.5) is 14.5 Å². The number of fused-ring (bicyclic) bond motifs is 1. The first-order chi connectivity index (χ1) is 17.6. The van der Waals surface area contributed by atoms with E-state index < -0.39 is 35.0 Å². The van der Waals surface area contributed by atoms with Crippen molar-refractivity contribution in [3.8, 4) is 0 Å². The minimum atomic E-state index is -3.43. The lowest BCUT2D eigenvalue weighted by atomic mass is 10.00. The smallest absolute Gasteiger partial charge is 0.365 e. The average molecular weight is 516 g/mol. The van der Waals surface area contributed by atoms with Crippen molar-refractivity contribution in [2.24, 2.45) is 0 Å². The van der Waals surface area contributed by atoms with Crippen LogP contribution in [-0.2, 0) is 0 Å². The van der Waals surface area contributed by atoms with Crippen LogP contribution in [0.15, 0.2) is 41.2 Å². The molecule has 2 aromatic heterocycles. The van der Waals surface area contributed by atoms with E-state index in [2.05, 4.69) is 14.9 Å². The van der Waals surface area contributed by atoms with Crippen LogP contribution in [0, 0.1) is 11.8 Å². The number of benzene rings is 1. The molecule has 196 valence electrons. The SMILES string of the molecule is O=C(NC(O)(O)O)c1ccc(N2CCN(C3CCC(c4cc5cccc(F)c5c(=O)[nH]4)C3)CC2)c(F)n1. The van der Waals surface area contributed by atoms with Crippen LogP contribution in [0.2, 0.25) is 0 Å². The molecule has 2 unspecified atom stereocenters. The number of piperazine rings is 1. The Morgan fingerprint density at radius 2 is 1.84 bits per heavy atom. The lowest BCUT2D eigenvalue weighted by Crippen LogP contribution is -2.50. The number of halogens is 2. The number of hydrogen-bond donors (Lipinski definition) is 5. The zero-order valence-corrected chi connectivity index (χ0v) is 19.8. The summed E-state index contributed by atoms with van der Waals surface area (Å²) in [5, 5.41) is 28.7. The minimum absolute atomic E-state index is 0.0793. The van der Waals surface area contributed by atoms with Crippen molar-refractivity contribution >= 4 is 22.4 Å². The summed E-state index contributed by atoms with van der Waals surface area (Å²) in [4.78, 5) is 35.0. The van der Waals surface area contributed by atoms with Gasteiger partial charge >= 0.3 is 6.10 Å². The van der Waals surface area contributed by atoms with Gasteiger partial charge in [0.1, 0.15) is 11.5 Å². The zero-order chi connectivity index (χ0) is 26.3. The molecule has 0 radical (unpaired) electrons. The lowest BCUT2D eigenvalue weighted by molar-refractivity contribution is -0.323. The average Bonchev–Trinajstić information content (AvgIpc) is 3.33. The number of nitrogens with one attached hydrogen (secondary N) is 2. The van der Waals surface area contributed by atoms with Crippen LogP contribution >= 0.6 is 0 Å². The number of aliphatic hydroxyl groups is 3. The number of H-pyrrole nitrogens is 1. The molecule has 5 rings (SSSR count). The molecule has 12 heteroatoms. The molecule has 1 saturated carbocycles. The van der Waals surface area contributed by atoms with Crippen LogP contribution in [0.1, 0.15) is 41.4 Å². The van der Waals surface area contributed by atoms with Crippen molar-refractivity contribution in [3.05, 3.63) is 69.9 Å². The van der Waals surface area contributed by atoms with Crippen molar-refractivity contribution in [2.45, 2.75) is 37.3 Å². The van der Waals surface area contributed by atoms with Crippen LogP contribution < -0.4 is 15.8 Å². The van der Waals surface area contributed by atoms with Crippen molar-refractivity contribution in [3.63, 3.8) is 0 Å². The number of carbonyl (C=O) groups is 1. The molecular formula is C25H27F2N5O5. The van der Waals surface area contributed by atoms with Gasteiger partial charge < -0.3 is 25.2 Å². The first-order valence-corrected chi connectivity index (χ1v) is 12.1. The normalized spacial score (nSPS) is 20.9. The first kappa shape index (κ1) is 25.2. The van der Waals surface area contributed by atoms with Gasteiger partial charge in [0.2, 0.25) is 5.95 Å². The zero-order valence-electron chi connectivity index (χ0n) is 19.8. The molecule has 1 saturated heterocycles. The van der Waals surface area contributed by atoms with Gasteiger partial charge in [0, 0.05) is 43.8 Å². The van der Waals surface area contributed by atoms with E-state index in [0.717, 1.165) is 25.0 Å². The molecule has 1 aliphatic heterocycles. The third kappa shape index (κ3) is 5.32. The predicted octanol–water partition coefficient (Wildman–Crippen LogP) is 0.978. The van der Waals surface area contributed by atoms with E-state index in [4.69, 9.17) is 15.3 Å². The molecular weight excluding hydrogens is 488 g/mol. The van der Waals surface area contributed by atoms with Gasteiger partial charge in [-0.15, -0.1) is 0 Å². The number of aromatic amines is 1. The summed E-state index contributed by atoms with van der Waals surface area (Å²) < 4.78 is 28.7. The van der Waals surface area contributed by atoms with Crippen LogP contribution in [0.25, 0.3) is 10.8 Å². The van der Waals surface area contributed by atoms with Gasteiger partial charge in [0.25, 0.3) is 11.5 Å². The molecule has 10 nitrogen and oxygen atoms in total. The topological polar surface area (TPSA) is 142 Å². The summed E-state index contributed by atoms with van der Waals surface area (Å²) in [5.41, 5.74) is 0.227. The van der Waals surface area contributed by atoms with Gasteiger partial charge in [-0.05, 0) is 48.9 Å². The number of hydrogen-bond acceptors (Lipinski definition) is 8. The second-order valence-electron chi connectivity index (χ2n) is 9.54. The fourth-order valence-electron chi connectivity index (χ4n) is 5.42. The van der Waals surface area contributed by atoms with Crippen molar-refractivity contribution in [1.82, 2.24) is 20.2 Å². The third-order valence-corrected chi connectivity index (χ3v) is 7.20. The molecule has 5 N–H and O–H groups in total. The first-order valence-electron chi connectivity index (χ1n) is 12.1. The number of amides is 1. The van der Waals surface area contributed by atoms with Gasteiger partial charge in [0.05, 0.1) is 11.1 Å². The highest BCUT2D eigenvalue weighted by Crippen LogP contribution is 2.37. The molecule has 1 amide bonds. The van der Waals surface area contributed by atoms with E-state index in [9.17, 15) is 18.4 Å². The Labute approximate surface area is 210 Å². The maximum atomic E-state index is 14.6. The number of nitrogens with zero attached hydrogens (tertiary/aromatic N) is 3. The summed E-state index contributed by atoms with van der Waals surface area (Å²) in [7, 11) is 0. The van der Waals surface area contributed by atoms with Crippen LogP contribution in [0.5, 0.6) is 0 Å². The van der Waals surface area contributed by atoms with Gasteiger partial charge in [-0.1, -0.05) is 12.1 Å². The Hall–Kier alpha value is -3.45. The molecule has 0 bridgehead atoms. The number of carbonyl (C=O) groups excluding carboxylic acids is 1. The Morgan fingerprint density at radius 3 is 2.54 bits per heavy atom. The molecule has 3 heterocycles. The number of rotatable bonds is 5. The van der Waals surface area contributed by atoms with E-state index in [1.807, 2.05) is 11.0 Å². The lowest BCUT2D eigenvalue weighted by Gasteiger charge is -2.39. The van der Waals surface area contributed by atoms with Crippen LogP contribution in [-0.4, -0.2) is 74.4 Å². The fraction of sp³-hybridized carbons (Fsp3) is 0.400. The Bertz CT molecular complexity index is 1380. The van der Waals surface area contributed by atoms with E-state index in [-0.39, 0.29) is 17.0 Å². The molecule has 2 aliphatic rings. The standard InChI is InChI=1S/C25H27F2N5O5/c26-17-3-1-2-15-13-19(29-24(34)21(15)17)14-4-5-16(12-14)31-8-10-32(11-9-31)20-7-6-18(28-22(20)27)23(33)30-25(35,36)37/h1-3,6-7,13-14,16,35-37H,4-5,8-12H2,(H,29,34)(H,30,33). The maximum absolute atomic E-state index is 14.6. The monoisotopic (exact) mass is 515 g/mol. The fourth-order valence-corrected chi connectivity index (χ4v) is 5.42. The quantitative estimate of drug-likeness (QED) is 0.250. The molecule has 2 fully saturated rings. The van der Waals surface area contributed by atoms with E-state index >= 15 is 0 Å². The highest BCUT2D eigenvalue weighted by atomic mass is 19.1. The Morgan fingerprint density at radius 1 is 1.08 bits per heavy atom. The second kappa shape index (κ2) is 9.78. The summed E-state index contributed by atoms with van der Waals surface area (Å²) in [6.07, 6.45) is -0.709. The molecule has 0 spiro atoms. The van der Waals surface area contributed by atoms with Gasteiger partial charge in [-0.25, -0.2) is 9.37 Å². The molecule has 2 atom stereocenters. The second-order valence-corrected chi connectivity index (χ2v) is 9.54. The van der Waals surface area contributed by atoms with Crippen molar-refractivity contribution in [1.29, 1.82) is 0 Å². The number of anilines is 1. The highest BCUT2D eigenvalue weighted by Gasteiger charge is 2.33. The van der Waals surface area contributed by atoms with E-state index in [0.29, 0.717) is 37.6 Å². The van der Waals surface area contributed by atoms with E-state index in [1.54, 1.807) is 12.1 Å². The van der Waals surface area contributed by atoms with Crippen molar-refractivity contribution in [2.75, 3.05) is 31.1 Å². The minimum Gasteiger partial charge on any atom is -0.365 e. The summed E-state index contributed by atoms with van der Waals surface area (Å²) >= 11 is 0. The van der Waals surface area contributed by atoms with Crippen LogP contribution in [0.3, 0.4) is 0 Å². The predicted molar refractivity (Wildman–Crippen MR) is 130 cm³/mol. The summed E-state index contributed by atoms with van der Waals surface area (Å²) in [6, 6.07) is 9.44. The Kier molecular flexibility index (Phi) is 6.67. The van der Waals surface area contributed by atoms with E-state index in [1.165, 1.54) is 23.5 Å². The number of pyridine rings is 2. The molecule has 3 aromatic rings. The van der Waals surface area contributed by atoms with Gasteiger partial charge in [0.15, 0.2) is 0 Å². The summed E-state index contributed by atoms with van der Waals surface area (Å²) in [6.45, 7) is 2.48. The maximum Gasteiger partial charge on any atom is 0.369 e. The largest absolute Gasteiger partial charge is 0.369 e. The number of aromatic nitrogens is 2.